The van der Waals surface area contributed by atoms with E-state index in [1.54, 1.807) is 125 Å². The van der Waals surface area contributed by atoms with Crippen LogP contribution in [-0.4, -0.2) is 64.0 Å². The third-order valence-electron chi connectivity index (χ3n) is 9.99. The van der Waals surface area contributed by atoms with Crippen LogP contribution in [0, 0.1) is 0 Å². The van der Waals surface area contributed by atoms with Crippen molar-refractivity contribution in [2.45, 2.75) is 24.9 Å². The number of ether oxygens (including phenoxy) is 2. The first kappa shape index (κ1) is 40.5. The first-order chi connectivity index (χ1) is 28.2. The van der Waals surface area contributed by atoms with Crippen LogP contribution in [0.3, 0.4) is 0 Å². The quantitative estimate of drug-likeness (QED) is 0.113. The molecule has 6 rings (SSSR count). The third-order valence-corrected chi connectivity index (χ3v) is 9.99. The second-order valence-corrected chi connectivity index (χ2v) is 13.7. The van der Waals surface area contributed by atoms with Gasteiger partial charge in [0.05, 0.1) is 14.2 Å². The maximum Gasteiger partial charge on any atom is 0.252 e. The van der Waals surface area contributed by atoms with E-state index in [2.05, 4.69) is 10.6 Å². The van der Waals surface area contributed by atoms with Crippen LogP contribution in [0.1, 0.15) is 31.8 Å². The molecule has 0 heterocycles. The van der Waals surface area contributed by atoms with Crippen molar-refractivity contribution in [1.82, 2.24) is 10.6 Å². The summed E-state index contributed by atoms with van der Waals surface area (Å²) in [6.07, 6.45) is 0.490. The highest BCUT2D eigenvalue weighted by atomic mass is 16.5. The Morgan fingerprint density at radius 1 is 0.466 bits per heavy atom. The van der Waals surface area contributed by atoms with Crippen LogP contribution in [0.25, 0.3) is 11.1 Å². The molecule has 0 saturated carbocycles. The van der Waals surface area contributed by atoms with Crippen LogP contribution < -0.4 is 29.9 Å². The van der Waals surface area contributed by atoms with Crippen molar-refractivity contribution in [3.05, 3.63) is 180 Å². The van der Waals surface area contributed by atoms with Crippen LogP contribution in [0.4, 0.5) is 11.4 Å². The molecule has 2 atom stereocenters. The lowest BCUT2D eigenvalue weighted by atomic mass is 9.93. The number of carbonyl (C=O) groups is 4. The van der Waals surface area contributed by atoms with Gasteiger partial charge in [-0.3, -0.25) is 19.2 Å². The van der Waals surface area contributed by atoms with Crippen molar-refractivity contribution < 1.29 is 28.7 Å². The fourth-order valence-electron chi connectivity index (χ4n) is 6.74. The maximum absolute atomic E-state index is 14.3. The average Bonchev–Trinajstić information content (AvgIpc) is 3.28. The van der Waals surface area contributed by atoms with Gasteiger partial charge >= 0.3 is 0 Å². The molecule has 0 unspecified atom stereocenters. The Morgan fingerprint density at radius 2 is 0.793 bits per heavy atom. The Balaban J connectivity index is 1.29. The summed E-state index contributed by atoms with van der Waals surface area (Å²) in [7, 11) is 6.49. The number of nitrogens with zero attached hydrogens (tertiary/aromatic N) is 2. The number of anilines is 2. The Morgan fingerprint density at radius 3 is 1.14 bits per heavy atom. The third kappa shape index (κ3) is 9.78. The molecular weight excluding hydrogens is 729 g/mol. The van der Waals surface area contributed by atoms with Gasteiger partial charge in [-0.2, -0.15) is 0 Å². The molecule has 10 nitrogen and oxygen atoms in total. The lowest BCUT2D eigenvalue weighted by Crippen LogP contribution is -2.49. The van der Waals surface area contributed by atoms with Crippen LogP contribution in [0.5, 0.6) is 11.5 Å². The molecule has 0 saturated heterocycles. The Kier molecular flexibility index (Phi) is 13.3. The zero-order valence-corrected chi connectivity index (χ0v) is 32.9. The predicted octanol–water partition coefficient (Wildman–Crippen LogP) is 7.38. The van der Waals surface area contributed by atoms with Gasteiger partial charge in [0.2, 0.25) is 11.8 Å². The van der Waals surface area contributed by atoms with E-state index in [1.165, 1.54) is 9.80 Å². The number of rotatable bonds is 15. The highest BCUT2D eigenvalue weighted by Gasteiger charge is 2.29. The largest absolute Gasteiger partial charge is 0.497 e. The summed E-state index contributed by atoms with van der Waals surface area (Å²) >= 11 is 0. The minimum atomic E-state index is -0.930. The van der Waals surface area contributed by atoms with Gasteiger partial charge in [-0.1, -0.05) is 97.1 Å². The zero-order valence-electron chi connectivity index (χ0n) is 32.9. The first-order valence-electron chi connectivity index (χ1n) is 18.9. The van der Waals surface area contributed by atoms with Crippen LogP contribution in [0.2, 0.25) is 0 Å². The Bertz CT molecular complexity index is 2170. The molecule has 0 aliphatic rings. The molecule has 6 aromatic rings. The number of likely N-dealkylation sites (N-methyl/N-ethyl adjacent to an activating group) is 2. The summed E-state index contributed by atoms with van der Waals surface area (Å²) in [5, 5.41) is 6.02. The number of amides is 4. The molecule has 0 spiro atoms. The van der Waals surface area contributed by atoms with Gasteiger partial charge in [-0.25, -0.2) is 0 Å². The molecule has 2 N–H and O–H groups in total. The van der Waals surface area contributed by atoms with E-state index in [1.807, 2.05) is 60.7 Å². The second kappa shape index (κ2) is 19.1. The number of hydrogen-bond donors (Lipinski definition) is 2. The van der Waals surface area contributed by atoms with E-state index in [4.69, 9.17) is 9.47 Å². The summed E-state index contributed by atoms with van der Waals surface area (Å²) in [5.41, 5.74) is 4.54. The lowest BCUT2D eigenvalue weighted by Gasteiger charge is -2.26. The monoisotopic (exact) mass is 774 g/mol. The van der Waals surface area contributed by atoms with Gasteiger partial charge < -0.3 is 29.9 Å². The van der Waals surface area contributed by atoms with Gasteiger partial charge in [-0.05, 0) is 82.9 Å². The van der Waals surface area contributed by atoms with Crippen molar-refractivity contribution in [2.75, 3.05) is 38.1 Å². The predicted molar refractivity (Wildman–Crippen MR) is 227 cm³/mol. The van der Waals surface area contributed by atoms with Crippen LogP contribution in [0.15, 0.2) is 158 Å². The number of carbonyl (C=O) groups excluding carboxylic acids is 4. The van der Waals surface area contributed by atoms with Crippen molar-refractivity contribution in [3.63, 3.8) is 0 Å². The minimum absolute atomic E-state index is 0.245. The average molecular weight is 775 g/mol. The van der Waals surface area contributed by atoms with Crippen LogP contribution in [-0.2, 0) is 22.4 Å². The molecule has 294 valence electrons. The van der Waals surface area contributed by atoms with Gasteiger partial charge in [0, 0.05) is 49.4 Å². The lowest BCUT2D eigenvalue weighted by molar-refractivity contribution is -0.120. The van der Waals surface area contributed by atoms with Crippen molar-refractivity contribution in [2.24, 2.45) is 0 Å². The topological polar surface area (TPSA) is 117 Å². The highest BCUT2D eigenvalue weighted by molar-refractivity contribution is 6.09. The molecule has 0 aliphatic heterocycles. The molecule has 0 aliphatic carbocycles. The molecule has 0 aromatic heterocycles. The van der Waals surface area contributed by atoms with Gasteiger partial charge in [0.1, 0.15) is 23.6 Å². The van der Waals surface area contributed by atoms with Crippen molar-refractivity contribution >= 4 is 35.0 Å². The molecule has 6 aromatic carbocycles. The van der Waals surface area contributed by atoms with E-state index in [0.717, 1.165) is 11.1 Å². The normalized spacial score (nSPS) is 11.7. The number of hydrogen-bond acceptors (Lipinski definition) is 6. The van der Waals surface area contributed by atoms with E-state index in [-0.39, 0.29) is 35.8 Å². The van der Waals surface area contributed by atoms with E-state index < -0.39 is 23.9 Å². The molecule has 4 amide bonds. The molecule has 0 bridgehead atoms. The zero-order chi connectivity index (χ0) is 41.0. The maximum atomic E-state index is 14.3. The Labute approximate surface area is 339 Å². The van der Waals surface area contributed by atoms with Gasteiger partial charge in [-0.15, -0.1) is 0 Å². The fraction of sp³-hybridized carbons (Fsp3) is 0.167. The molecule has 0 fully saturated rings. The molecular formula is C48H46N4O6. The van der Waals surface area contributed by atoms with Gasteiger partial charge in [0.15, 0.2) is 0 Å². The smallest absolute Gasteiger partial charge is 0.252 e. The summed E-state index contributed by atoms with van der Waals surface area (Å²) < 4.78 is 10.6. The summed E-state index contributed by atoms with van der Waals surface area (Å²) in [6.45, 7) is 0. The number of methoxy groups -OCH3 is 2. The van der Waals surface area contributed by atoms with E-state index >= 15 is 0 Å². The van der Waals surface area contributed by atoms with Gasteiger partial charge in [0.25, 0.3) is 11.8 Å². The number of nitrogens with one attached hydrogen (secondary N) is 2. The Hall–Kier alpha value is -7.20. The summed E-state index contributed by atoms with van der Waals surface area (Å²) in [4.78, 5) is 59.9. The molecule has 10 heteroatoms. The standard InChI is InChI=1S/C48H46N4O6/c1-51(35-23-27-37(57-3)28-24-35)47(55)43(31-33-15-7-5-8-16-33)49-45(53)41-21-13-11-19-39(41)40-20-12-14-22-42(40)46(54)50-44(32-34-17-9-6-10-18-34)48(56)52(2)36-25-29-38(58-4)30-26-36/h5-30,43-44H,31-32H2,1-4H3,(H,49,53)(H,50,54)/t43-,44-/m0/s1. The SMILES string of the molecule is COc1ccc(N(C)C(=O)[C@H](Cc2ccccc2)NC(=O)c2ccccc2-c2ccccc2C(=O)N[C@@H](Cc2ccccc2)C(=O)N(C)c2ccc(OC)cc2)cc1. The van der Waals surface area contributed by atoms with Crippen molar-refractivity contribution in [3.8, 4) is 22.6 Å². The molecule has 58 heavy (non-hydrogen) atoms. The highest BCUT2D eigenvalue weighted by Crippen LogP contribution is 2.29. The van der Waals surface area contributed by atoms with Crippen molar-refractivity contribution in [1.29, 1.82) is 0 Å². The summed E-state index contributed by atoms with van der Waals surface area (Å²) in [5.74, 6) is -0.281. The minimum Gasteiger partial charge on any atom is -0.497 e. The second-order valence-electron chi connectivity index (χ2n) is 13.7. The first-order valence-corrected chi connectivity index (χ1v) is 18.9. The molecule has 0 radical (unpaired) electrons. The fourth-order valence-corrected chi connectivity index (χ4v) is 6.74. The van der Waals surface area contributed by atoms with E-state index in [9.17, 15) is 19.2 Å². The van der Waals surface area contributed by atoms with E-state index in [0.29, 0.717) is 34.0 Å². The van der Waals surface area contributed by atoms with Crippen LogP contribution >= 0.6 is 0 Å². The number of benzene rings is 6. The summed E-state index contributed by atoms with van der Waals surface area (Å²) in [6, 6.07) is 45.3.